The van der Waals surface area contributed by atoms with Crippen molar-refractivity contribution in [1.82, 2.24) is 30.6 Å². The largest absolute Gasteiger partial charge is 0.211 e. The Balaban J connectivity index is 2.89. The molecule has 0 aromatic carbocycles. The third-order valence-electron chi connectivity index (χ3n) is 0.997. The molecule has 10 heavy (non-hydrogen) atoms. The second-order valence-corrected chi connectivity index (χ2v) is 1.60. The molecule has 0 aliphatic heterocycles. The third-order valence-corrected chi connectivity index (χ3v) is 0.997. The van der Waals surface area contributed by atoms with Crippen molar-refractivity contribution in [2.75, 3.05) is 0 Å². The van der Waals surface area contributed by atoms with Crippen molar-refractivity contribution in [2.45, 2.75) is 0 Å². The number of hydrogen-bond acceptors (Lipinski definition) is 6. The van der Waals surface area contributed by atoms with E-state index in [2.05, 4.69) is 30.6 Å². The second-order valence-electron chi connectivity index (χ2n) is 1.60. The predicted molar refractivity (Wildman–Crippen MR) is 30.7 cm³/mol. The minimum atomic E-state index is 0.463. The van der Waals surface area contributed by atoms with Crippen LogP contribution in [0.5, 0.6) is 0 Å². The summed E-state index contributed by atoms with van der Waals surface area (Å²) in [6, 6.07) is 0. The molecular formula is C4H2N6. The van der Waals surface area contributed by atoms with Gasteiger partial charge in [0.1, 0.15) is 6.33 Å². The van der Waals surface area contributed by atoms with E-state index in [4.69, 9.17) is 0 Å². The molecule has 0 bridgehead atoms. The maximum atomic E-state index is 3.79. The average molecular weight is 134 g/mol. The van der Waals surface area contributed by atoms with Crippen LogP contribution in [0.2, 0.25) is 0 Å². The van der Waals surface area contributed by atoms with Gasteiger partial charge in [-0.3, -0.25) is 0 Å². The monoisotopic (exact) mass is 134 g/mol. The molecular weight excluding hydrogens is 132 g/mol. The Bertz CT molecular complexity index is 281. The van der Waals surface area contributed by atoms with Gasteiger partial charge in [0.25, 0.3) is 0 Å². The molecule has 0 N–H and O–H groups in total. The normalized spacial score (nSPS) is 10.0. The van der Waals surface area contributed by atoms with Crippen LogP contribution in [-0.4, -0.2) is 30.6 Å². The zero-order valence-electron chi connectivity index (χ0n) is 4.84. The number of aromatic nitrogens is 6. The van der Waals surface area contributed by atoms with Gasteiger partial charge in [0.2, 0.25) is 5.65 Å². The Morgan fingerprint density at radius 1 is 1.10 bits per heavy atom. The summed E-state index contributed by atoms with van der Waals surface area (Å²) >= 11 is 0. The van der Waals surface area contributed by atoms with E-state index in [1.54, 1.807) is 0 Å². The summed E-state index contributed by atoms with van der Waals surface area (Å²) in [6.45, 7) is 0. The standard InChI is InChI=1S/C4H2N6/c1-3-4(9-10-6-1)5-2-7-8-3/h1-2H. The number of hydrogen-bond donors (Lipinski definition) is 0. The SMILES string of the molecule is c1nnc2cnnnc2n1. The third kappa shape index (κ3) is 0.661. The Morgan fingerprint density at radius 2 is 2.10 bits per heavy atom. The molecule has 0 amide bonds. The quantitative estimate of drug-likeness (QED) is 0.469. The molecule has 0 fully saturated rings. The van der Waals surface area contributed by atoms with E-state index in [0.717, 1.165) is 0 Å². The molecule has 0 atom stereocenters. The molecule has 48 valence electrons. The van der Waals surface area contributed by atoms with Crippen molar-refractivity contribution in [3.8, 4) is 0 Å². The molecule has 6 heteroatoms. The summed E-state index contributed by atoms with van der Waals surface area (Å²) in [7, 11) is 0. The Morgan fingerprint density at radius 3 is 3.00 bits per heavy atom. The van der Waals surface area contributed by atoms with Crippen LogP contribution in [0, 0.1) is 0 Å². The van der Waals surface area contributed by atoms with Gasteiger partial charge in [-0.15, -0.1) is 20.4 Å². The number of rotatable bonds is 0. The lowest BCUT2D eigenvalue weighted by molar-refractivity contribution is 0.865. The van der Waals surface area contributed by atoms with E-state index in [1.165, 1.54) is 12.5 Å². The Hall–Kier alpha value is -1.72. The van der Waals surface area contributed by atoms with Gasteiger partial charge in [0, 0.05) is 0 Å². The van der Waals surface area contributed by atoms with Crippen LogP contribution in [0.3, 0.4) is 0 Å². The highest BCUT2D eigenvalue weighted by molar-refractivity contribution is 5.65. The minimum absolute atomic E-state index is 0.463. The molecule has 0 spiro atoms. The molecule has 2 aromatic rings. The predicted octanol–water partition coefficient (Wildman–Crippen LogP) is -0.790. The fourth-order valence-corrected chi connectivity index (χ4v) is 0.589. The van der Waals surface area contributed by atoms with Gasteiger partial charge in [-0.25, -0.2) is 4.98 Å². The van der Waals surface area contributed by atoms with E-state index in [-0.39, 0.29) is 0 Å². The van der Waals surface area contributed by atoms with E-state index in [9.17, 15) is 0 Å². The zero-order valence-corrected chi connectivity index (χ0v) is 4.84. The van der Waals surface area contributed by atoms with Crippen molar-refractivity contribution in [2.24, 2.45) is 0 Å². The van der Waals surface area contributed by atoms with Crippen molar-refractivity contribution in [1.29, 1.82) is 0 Å². The smallest absolute Gasteiger partial charge is 0.207 e. The van der Waals surface area contributed by atoms with Crippen molar-refractivity contribution < 1.29 is 0 Å². The van der Waals surface area contributed by atoms with Crippen LogP contribution in [0.15, 0.2) is 12.5 Å². The Labute approximate surface area is 55.3 Å². The second kappa shape index (κ2) is 1.90. The van der Waals surface area contributed by atoms with Gasteiger partial charge in [-0.1, -0.05) is 0 Å². The molecule has 2 heterocycles. The maximum Gasteiger partial charge on any atom is 0.207 e. The Kier molecular flexibility index (Phi) is 0.970. The summed E-state index contributed by atoms with van der Waals surface area (Å²) in [6.07, 6.45) is 2.78. The van der Waals surface area contributed by atoms with E-state index in [0.29, 0.717) is 11.2 Å². The van der Waals surface area contributed by atoms with Gasteiger partial charge in [-0.05, 0) is 5.21 Å². The molecule has 0 saturated carbocycles. The number of nitrogens with zero attached hydrogens (tertiary/aromatic N) is 6. The van der Waals surface area contributed by atoms with Crippen LogP contribution in [0.25, 0.3) is 11.2 Å². The maximum absolute atomic E-state index is 3.79. The first kappa shape index (κ1) is 5.10. The highest BCUT2D eigenvalue weighted by atomic mass is 15.3. The van der Waals surface area contributed by atoms with Crippen LogP contribution in [0.1, 0.15) is 0 Å². The summed E-state index contributed by atoms with van der Waals surface area (Å²) < 4.78 is 0. The topological polar surface area (TPSA) is 77.3 Å². The van der Waals surface area contributed by atoms with Gasteiger partial charge in [-0.2, -0.15) is 0 Å². The highest BCUT2D eigenvalue weighted by Crippen LogP contribution is 1.95. The van der Waals surface area contributed by atoms with Crippen molar-refractivity contribution >= 4 is 11.2 Å². The van der Waals surface area contributed by atoms with Gasteiger partial charge < -0.3 is 0 Å². The molecule has 0 aliphatic rings. The van der Waals surface area contributed by atoms with Crippen molar-refractivity contribution in [3.63, 3.8) is 0 Å². The minimum Gasteiger partial charge on any atom is -0.211 e. The molecule has 6 nitrogen and oxygen atoms in total. The lowest BCUT2D eigenvalue weighted by Crippen LogP contribution is -1.93. The van der Waals surface area contributed by atoms with Crippen LogP contribution in [0.4, 0.5) is 0 Å². The molecule has 0 aliphatic carbocycles. The summed E-state index contributed by atoms with van der Waals surface area (Å²) in [5.41, 5.74) is 1.02. The molecule has 0 unspecified atom stereocenters. The van der Waals surface area contributed by atoms with Gasteiger partial charge in [0.05, 0.1) is 6.20 Å². The van der Waals surface area contributed by atoms with E-state index in [1.807, 2.05) is 0 Å². The van der Waals surface area contributed by atoms with Gasteiger partial charge in [0.15, 0.2) is 5.52 Å². The van der Waals surface area contributed by atoms with Crippen LogP contribution < -0.4 is 0 Å². The van der Waals surface area contributed by atoms with Gasteiger partial charge >= 0.3 is 0 Å². The van der Waals surface area contributed by atoms with Crippen molar-refractivity contribution in [3.05, 3.63) is 12.5 Å². The zero-order chi connectivity index (χ0) is 6.81. The first-order valence-electron chi connectivity index (χ1n) is 2.58. The lowest BCUT2D eigenvalue weighted by Gasteiger charge is -1.86. The first-order chi connectivity index (χ1) is 4.97. The summed E-state index contributed by atoms with van der Waals surface area (Å²) in [5.74, 6) is 0. The summed E-state index contributed by atoms with van der Waals surface area (Å²) in [4.78, 5) is 3.79. The molecule has 0 saturated heterocycles. The summed E-state index contributed by atoms with van der Waals surface area (Å²) in [5, 5.41) is 17.7. The molecule has 2 aromatic heterocycles. The van der Waals surface area contributed by atoms with Crippen LogP contribution in [-0.2, 0) is 0 Å². The fourth-order valence-electron chi connectivity index (χ4n) is 0.589. The molecule has 2 rings (SSSR count). The van der Waals surface area contributed by atoms with Crippen LogP contribution >= 0.6 is 0 Å². The average Bonchev–Trinajstić information content (AvgIpc) is 2.05. The van der Waals surface area contributed by atoms with E-state index >= 15 is 0 Å². The number of fused-ring (bicyclic) bond motifs is 1. The van der Waals surface area contributed by atoms with E-state index < -0.39 is 0 Å². The first-order valence-corrected chi connectivity index (χ1v) is 2.58. The highest BCUT2D eigenvalue weighted by Gasteiger charge is 1.93. The molecule has 0 radical (unpaired) electrons. The fraction of sp³-hybridized carbons (Fsp3) is 0. The lowest BCUT2D eigenvalue weighted by atomic mass is 10.6.